The van der Waals surface area contributed by atoms with E-state index in [1.54, 1.807) is 41.6 Å². The van der Waals surface area contributed by atoms with Crippen molar-refractivity contribution >= 4 is 34.8 Å². The lowest BCUT2D eigenvalue weighted by Crippen LogP contribution is -1.98. The van der Waals surface area contributed by atoms with Gasteiger partial charge in [-0.05, 0) is 12.1 Å². The lowest BCUT2D eigenvalue weighted by atomic mass is 10.4. The number of pyridine rings is 1. The summed E-state index contributed by atoms with van der Waals surface area (Å²) in [5.41, 5.74) is 0.726. The Balaban J connectivity index is 1.87. The Labute approximate surface area is 124 Å². The molecule has 0 saturated carbocycles. The number of rotatable bonds is 3. The van der Waals surface area contributed by atoms with E-state index in [4.69, 9.17) is 23.2 Å². The van der Waals surface area contributed by atoms with Gasteiger partial charge in [-0.25, -0.2) is 19.6 Å². The summed E-state index contributed by atoms with van der Waals surface area (Å²) in [6.07, 6.45) is 8.17. The third-order valence-corrected chi connectivity index (χ3v) is 2.89. The largest absolute Gasteiger partial charge is 0.321 e. The first-order valence-electron chi connectivity index (χ1n) is 5.62. The Morgan fingerprint density at radius 1 is 1.05 bits per heavy atom. The molecular weight excluding hydrogens is 299 g/mol. The van der Waals surface area contributed by atoms with Gasteiger partial charge in [0.2, 0.25) is 5.95 Å². The number of nitrogens with zero attached hydrogens (tertiary/aromatic N) is 5. The highest BCUT2D eigenvalue weighted by Crippen LogP contribution is 2.22. The average Bonchev–Trinajstić information content (AvgIpc) is 2.88. The van der Waals surface area contributed by atoms with Crippen molar-refractivity contribution in [3.05, 3.63) is 53.2 Å². The lowest BCUT2D eigenvalue weighted by molar-refractivity contribution is 0.847. The molecule has 6 nitrogen and oxygen atoms in total. The van der Waals surface area contributed by atoms with Crippen LogP contribution in [0.4, 0.5) is 11.6 Å². The van der Waals surface area contributed by atoms with Crippen molar-refractivity contribution in [3.63, 3.8) is 0 Å². The second-order valence-corrected chi connectivity index (χ2v) is 4.67. The van der Waals surface area contributed by atoms with Crippen molar-refractivity contribution in [2.45, 2.75) is 0 Å². The van der Waals surface area contributed by atoms with Gasteiger partial charge >= 0.3 is 0 Å². The fraction of sp³-hybridized carbons (Fsp3) is 0. The van der Waals surface area contributed by atoms with E-state index < -0.39 is 0 Å². The van der Waals surface area contributed by atoms with Crippen molar-refractivity contribution in [1.82, 2.24) is 24.7 Å². The first-order valence-corrected chi connectivity index (χ1v) is 6.38. The second-order valence-electron chi connectivity index (χ2n) is 3.83. The van der Waals surface area contributed by atoms with Gasteiger partial charge in [0, 0.05) is 18.6 Å². The fourth-order valence-electron chi connectivity index (χ4n) is 1.57. The van der Waals surface area contributed by atoms with Crippen molar-refractivity contribution in [1.29, 1.82) is 0 Å². The van der Waals surface area contributed by atoms with Gasteiger partial charge in [0.1, 0.15) is 0 Å². The van der Waals surface area contributed by atoms with Gasteiger partial charge in [-0.3, -0.25) is 0 Å². The van der Waals surface area contributed by atoms with Crippen LogP contribution in [0, 0.1) is 0 Å². The molecule has 100 valence electrons. The molecule has 20 heavy (non-hydrogen) atoms. The third-order valence-electron chi connectivity index (χ3n) is 2.41. The summed E-state index contributed by atoms with van der Waals surface area (Å²) in [7, 11) is 0. The predicted octanol–water partition coefficient (Wildman–Crippen LogP) is 3.11. The molecule has 0 unspecified atom stereocenters. The smallest absolute Gasteiger partial charge is 0.227 e. The Morgan fingerprint density at radius 3 is 2.60 bits per heavy atom. The summed E-state index contributed by atoms with van der Waals surface area (Å²) in [5.74, 6) is 0.986. The minimum Gasteiger partial charge on any atom is -0.321 e. The molecule has 0 fully saturated rings. The van der Waals surface area contributed by atoms with Crippen LogP contribution in [0.25, 0.3) is 5.82 Å². The summed E-state index contributed by atoms with van der Waals surface area (Å²) in [5, 5.41) is 8.10. The molecule has 0 saturated heterocycles. The number of aromatic nitrogens is 5. The van der Waals surface area contributed by atoms with Crippen LogP contribution in [0.2, 0.25) is 10.0 Å². The topological polar surface area (TPSA) is 68.5 Å². The number of halogens is 2. The van der Waals surface area contributed by atoms with Gasteiger partial charge in [-0.1, -0.05) is 23.2 Å². The molecular formula is C12H8Cl2N6. The molecule has 0 aliphatic rings. The summed E-state index contributed by atoms with van der Waals surface area (Å²) >= 11 is 11.9. The molecule has 0 aliphatic carbocycles. The van der Waals surface area contributed by atoms with Gasteiger partial charge in [0.25, 0.3) is 0 Å². The number of anilines is 2. The molecule has 3 aromatic heterocycles. The molecule has 0 amide bonds. The lowest BCUT2D eigenvalue weighted by Gasteiger charge is -2.03. The molecule has 0 atom stereocenters. The Morgan fingerprint density at radius 2 is 1.85 bits per heavy atom. The van der Waals surface area contributed by atoms with Gasteiger partial charge in [0.15, 0.2) is 5.82 Å². The van der Waals surface area contributed by atoms with Crippen LogP contribution in [0.1, 0.15) is 0 Å². The summed E-state index contributed by atoms with van der Waals surface area (Å²) < 4.78 is 1.55. The van der Waals surface area contributed by atoms with Gasteiger partial charge in [-0.15, -0.1) is 0 Å². The van der Waals surface area contributed by atoms with Crippen molar-refractivity contribution in [2.75, 3.05) is 5.32 Å². The first-order chi connectivity index (χ1) is 9.72. The maximum Gasteiger partial charge on any atom is 0.227 e. The van der Waals surface area contributed by atoms with Crippen LogP contribution in [0.5, 0.6) is 0 Å². The number of nitrogens with one attached hydrogen (secondary N) is 1. The van der Waals surface area contributed by atoms with Crippen LogP contribution < -0.4 is 5.32 Å². The zero-order valence-corrected chi connectivity index (χ0v) is 11.5. The highest BCUT2D eigenvalue weighted by atomic mass is 35.5. The van der Waals surface area contributed by atoms with E-state index >= 15 is 0 Å². The van der Waals surface area contributed by atoms with Crippen molar-refractivity contribution in [2.24, 2.45) is 0 Å². The van der Waals surface area contributed by atoms with E-state index in [1.165, 1.54) is 6.20 Å². The molecule has 0 aliphatic heterocycles. The quantitative estimate of drug-likeness (QED) is 0.805. The van der Waals surface area contributed by atoms with E-state index in [9.17, 15) is 0 Å². The summed E-state index contributed by atoms with van der Waals surface area (Å²) in [4.78, 5) is 12.3. The predicted molar refractivity (Wildman–Crippen MR) is 76.7 cm³/mol. The van der Waals surface area contributed by atoms with E-state index in [1.807, 2.05) is 0 Å². The molecule has 0 radical (unpaired) electrons. The number of hydrogen-bond acceptors (Lipinski definition) is 5. The van der Waals surface area contributed by atoms with Crippen LogP contribution in [-0.4, -0.2) is 24.7 Å². The minimum absolute atomic E-state index is 0.420. The summed E-state index contributed by atoms with van der Waals surface area (Å²) in [6, 6.07) is 3.35. The molecule has 0 bridgehead atoms. The number of hydrogen-bond donors (Lipinski definition) is 1. The highest BCUT2D eigenvalue weighted by molar-refractivity contribution is 6.35. The van der Waals surface area contributed by atoms with E-state index in [2.05, 4.69) is 25.4 Å². The van der Waals surface area contributed by atoms with E-state index in [0.29, 0.717) is 21.8 Å². The first kappa shape index (κ1) is 12.8. The molecule has 8 heteroatoms. The normalized spacial score (nSPS) is 10.5. The maximum absolute atomic E-state index is 6.08. The van der Waals surface area contributed by atoms with Crippen LogP contribution in [-0.2, 0) is 0 Å². The Kier molecular flexibility index (Phi) is 3.49. The average molecular weight is 307 g/mol. The van der Waals surface area contributed by atoms with Crippen molar-refractivity contribution in [3.8, 4) is 5.82 Å². The maximum atomic E-state index is 6.08. The minimum atomic E-state index is 0.420. The van der Waals surface area contributed by atoms with Crippen LogP contribution in [0.15, 0.2) is 43.1 Å². The van der Waals surface area contributed by atoms with Gasteiger partial charge in [0.05, 0.1) is 28.1 Å². The zero-order valence-electron chi connectivity index (χ0n) is 10.0. The SMILES string of the molecule is Clc1cnc(-n2cc(Nc3ncccn3)cn2)c(Cl)c1. The molecule has 3 aromatic rings. The van der Waals surface area contributed by atoms with Crippen LogP contribution in [0.3, 0.4) is 0 Å². The fourth-order valence-corrected chi connectivity index (χ4v) is 2.04. The zero-order chi connectivity index (χ0) is 13.9. The summed E-state index contributed by atoms with van der Waals surface area (Å²) in [6.45, 7) is 0. The van der Waals surface area contributed by atoms with E-state index in [0.717, 1.165) is 5.69 Å². The molecule has 3 rings (SSSR count). The Bertz CT molecular complexity index is 728. The standard InChI is InChI=1S/C12H8Cl2N6/c13-8-4-10(14)11(17-5-8)20-7-9(6-18-20)19-12-15-2-1-3-16-12/h1-7H,(H,15,16,19). The third kappa shape index (κ3) is 2.71. The monoisotopic (exact) mass is 306 g/mol. The van der Waals surface area contributed by atoms with Crippen molar-refractivity contribution < 1.29 is 0 Å². The van der Waals surface area contributed by atoms with Gasteiger partial charge in [-0.2, -0.15) is 5.10 Å². The van der Waals surface area contributed by atoms with Crippen LogP contribution >= 0.6 is 23.2 Å². The molecule has 0 aromatic carbocycles. The highest BCUT2D eigenvalue weighted by Gasteiger charge is 2.08. The second kappa shape index (κ2) is 5.44. The molecule has 1 N–H and O–H groups in total. The molecule has 0 spiro atoms. The molecule has 3 heterocycles. The van der Waals surface area contributed by atoms with Gasteiger partial charge < -0.3 is 5.32 Å². The Hall–Kier alpha value is -2.18. The van der Waals surface area contributed by atoms with E-state index in [-0.39, 0.29) is 0 Å².